The maximum Gasteiger partial charge on any atom is 0.237 e. The van der Waals surface area contributed by atoms with Crippen LogP contribution in [0.15, 0.2) is 48.5 Å². The van der Waals surface area contributed by atoms with Gasteiger partial charge in [0.25, 0.3) is 0 Å². The Hall–Kier alpha value is -2.95. The molecular formula is C20H18NO4. The largest absolute Gasteiger partial charge is 0.506 e. The van der Waals surface area contributed by atoms with Gasteiger partial charge in [-0.1, -0.05) is 49.4 Å². The van der Waals surface area contributed by atoms with Crippen LogP contribution in [0.25, 0.3) is 0 Å². The van der Waals surface area contributed by atoms with Gasteiger partial charge >= 0.3 is 0 Å². The highest BCUT2D eigenvalue weighted by atomic mass is 16.3. The number of aromatic hydroxyl groups is 1. The molecule has 25 heavy (non-hydrogen) atoms. The number of hydrogen-bond acceptors (Lipinski definition) is 4. The summed E-state index contributed by atoms with van der Waals surface area (Å²) >= 11 is 0. The van der Waals surface area contributed by atoms with Crippen molar-refractivity contribution >= 4 is 23.8 Å². The fraction of sp³-hybridized carbons (Fsp3) is 0.250. The number of hydrogen-bond donors (Lipinski definition) is 1. The van der Waals surface area contributed by atoms with Gasteiger partial charge in [-0.3, -0.25) is 14.4 Å². The third-order valence-corrected chi connectivity index (χ3v) is 4.48. The van der Waals surface area contributed by atoms with Crippen LogP contribution in [-0.2, 0) is 20.8 Å². The monoisotopic (exact) mass is 336 g/mol. The lowest BCUT2D eigenvalue weighted by Gasteiger charge is -2.21. The minimum Gasteiger partial charge on any atom is -0.506 e. The SMILES string of the molecule is CC([C]=O)c1cccc(O)c1N1C(=O)CC(Cc2ccccc2)C1=O. The van der Waals surface area contributed by atoms with Gasteiger partial charge in [0.2, 0.25) is 18.1 Å². The quantitative estimate of drug-likeness (QED) is 0.852. The van der Waals surface area contributed by atoms with Crippen LogP contribution >= 0.6 is 0 Å². The predicted molar refractivity (Wildman–Crippen MR) is 93.0 cm³/mol. The van der Waals surface area contributed by atoms with Gasteiger partial charge in [-0.2, -0.15) is 0 Å². The molecule has 1 saturated heterocycles. The van der Waals surface area contributed by atoms with Crippen LogP contribution in [0.3, 0.4) is 0 Å². The molecule has 1 radical (unpaired) electrons. The van der Waals surface area contributed by atoms with Gasteiger partial charge in [0.1, 0.15) is 5.75 Å². The molecule has 5 heteroatoms. The molecule has 1 fully saturated rings. The molecule has 2 atom stereocenters. The Morgan fingerprint density at radius 3 is 2.56 bits per heavy atom. The zero-order valence-corrected chi connectivity index (χ0v) is 13.8. The molecule has 0 bridgehead atoms. The molecule has 2 aromatic carbocycles. The van der Waals surface area contributed by atoms with E-state index in [2.05, 4.69) is 0 Å². The second kappa shape index (κ2) is 6.89. The summed E-state index contributed by atoms with van der Waals surface area (Å²) in [6.45, 7) is 1.61. The van der Waals surface area contributed by atoms with Gasteiger partial charge in [0, 0.05) is 12.3 Å². The number of rotatable bonds is 5. The number of para-hydroxylation sites is 1. The minimum absolute atomic E-state index is 0.0840. The van der Waals surface area contributed by atoms with E-state index in [0.29, 0.717) is 12.0 Å². The Kier molecular flexibility index (Phi) is 4.65. The van der Waals surface area contributed by atoms with Crippen LogP contribution in [0.5, 0.6) is 5.75 Å². The Morgan fingerprint density at radius 2 is 1.88 bits per heavy atom. The Bertz CT molecular complexity index is 816. The third kappa shape index (κ3) is 3.18. The van der Waals surface area contributed by atoms with Crippen molar-refractivity contribution in [1.82, 2.24) is 0 Å². The first-order valence-corrected chi connectivity index (χ1v) is 8.13. The zero-order valence-electron chi connectivity index (χ0n) is 13.8. The lowest BCUT2D eigenvalue weighted by Crippen LogP contribution is -2.32. The molecule has 1 N–H and O–H groups in total. The van der Waals surface area contributed by atoms with E-state index >= 15 is 0 Å². The number of anilines is 1. The van der Waals surface area contributed by atoms with E-state index in [1.165, 1.54) is 6.07 Å². The molecule has 0 aliphatic carbocycles. The van der Waals surface area contributed by atoms with Gasteiger partial charge in [-0.05, 0) is 23.6 Å². The summed E-state index contributed by atoms with van der Waals surface area (Å²) in [4.78, 5) is 37.4. The first-order chi connectivity index (χ1) is 12.0. The zero-order chi connectivity index (χ0) is 18.0. The fourth-order valence-corrected chi connectivity index (χ4v) is 3.19. The van der Waals surface area contributed by atoms with E-state index < -0.39 is 11.8 Å². The second-order valence-corrected chi connectivity index (χ2v) is 6.21. The standard InChI is InChI=1S/C20H18NO4/c1-13(12-22)16-8-5-9-17(23)19(16)21-18(24)11-15(20(21)25)10-14-6-3-2-4-7-14/h2-9,13,15,23H,10-11H2,1H3. The van der Waals surface area contributed by atoms with Crippen molar-refractivity contribution in [3.8, 4) is 5.75 Å². The van der Waals surface area contributed by atoms with Gasteiger partial charge in [0.05, 0.1) is 11.6 Å². The summed E-state index contributed by atoms with van der Waals surface area (Å²) in [5, 5.41) is 10.2. The van der Waals surface area contributed by atoms with Crippen molar-refractivity contribution in [3.63, 3.8) is 0 Å². The lowest BCUT2D eigenvalue weighted by atomic mass is 9.97. The highest BCUT2D eigenvalue weighted by molar-refractivity contribution is 6.22. The number of nitrogens with zero attached hydrogens (tertiary/aromatic N) is 1. The number of phenols is 1. The summed E-state index contributed by atoms with van der Waals surface area (Å²) in [5.74, 6) is -2.04. The highest BCUT2D eigenvalue weighted by Crippen LogP contribution is 2.39. The molecule has 0 spiro atoms. The van der Waals surface area contributed by atoms with E-state index in [0.717, 1.165) is 10.5 Å². The van der Waals surface area contributed by atoms with E-state index in [4.69, 9.17) is 0 Å². The Balaban J connectivity index is 1.95. The normalized spacial score (nSPS) is 18.4. The van der Waals surface area contributed by atoms with E-state index in [9.17, 15) is 19.5 Å². The van der Waals surface area contributed by atoms with E-state index in [-0.39, 0.29) is 29.7 Å². The van der Waals surface area contributed by atoms with Gasteiger partial charge in [0.15, 0.2) is 0 Å². The molecule has 2 aromatic rings. The van der Waals surface area contributed by atoms with Crippen LogP contribution in [0.4, 0.5) is 5.69 Å². The molecule has 2 unspecified atom stereocenters. The van der Waals surface area contributed by atoms with Crippen LogP contribution < -0.4 is 4.90 Å². The highest BCUT2D eigenvalue weighted by Gasteiger charge is 2.41. The number of amides is 2. The van der Waals surface area contributed by atoms with Gasteiger partial charge in [-0.15, -0.1) is 0 Å². The molecular weight excluding hydrogens is 318 g/mol. The fourth-order valence-electron chi connectivity index (χ4n) is 3.19. The van der Waals surface area contributed by atoms with Crippen molar-refractivity contribution in [2.45, 2.75) is 25.7 Å². The summed E-state index contributed by atoms with van der Waals surface area (Å²) in [5.41, 5.74) is 1.49. The summed E-state index contributed by atoms with van der Waals surface area (Å²) < 4.78 is 0. The number of imide groups is 1. The van der Waals surface area contributed by atoms with Crippen LogP contribution in [0.1, 0.15) is 30.4 Å². The summed E-state index contributed by atoms with van der Waals surface area (Å²) in [7, 11) is 0. The third-order valence-electron chi connectivity index (χ3n) is 4.48. The number of phenolic OH excluding ortho intramolecular Hbond substituents is 1. The minimum atomic E-state index is -0.657. The molecule has 0 saturated carbocycles. The van der Waals surface area contributed by atoms with Crippen molar-refractivity contribution in [2.75, 3.05) is 4.90 Å². The van der Waals surface area contributed by atoms with Crippen molar-refractivity contribution in [2.24, 2.45) is 5.92 Å². The molecule has 0 aromatic heterocycles. The van der Waals surface area contributed by atoms with Crippen LogP contribution in [-0.4, -0.2) is 23.2 Å². The predicted octanol–water partition coefficient (Wildman–Crippen LogP) is 2.73. The summed E-state index contributed by atoms with van der Waals surface area (Å²) in [6.07, 6.45) is 2.39. The van der Waals surface area contributed by atoms with Gasteiger partial charge < -0.3 is 5.11 Å². The molecule has 127 valence electrons. The van der Waals surface area contributed by atoms with Crippen molar-refractivity contribution < 1.29 is 19.5 Å². The van der Waals surface area contributed by atoms with Crippen molar-refractivity contribution in [1.29, 1.82) is 0 Å². The molecule has 3 rings (SSSR count). The number of benzene rings is 2. The first kappa shape index (κ1) is 16.9. The topological polar surface area (TPSA) is 74.7 Å². The van der Waals surface area contributed by atoms with Crippen LogP contribution in [0, 0.1) is 5.92 Å². The van der Waals surface area contributed by atoms with E-state index in [1.54, 1.807) is 19.1 Å². The molecule has 1 aliphatic heterocycles. The summed E-state index contributed by atoms with van der Waals surface area (Å²) in [6, 6.07) is 14.1. The van der Waals surface area contributed by atoms with Gasteiger partial charge in [-0.25, -0.2) is 4.90 Å². The molecule has 2 amide bonds. The lowest BCUT2D eigenvalue weighted by molar-refractivity contribution is -0.122. The maximum absolute atomic E-state index is 12.8. The number of carbonyl (C=O) groups excluding carboxylic acids is 3. The molecule has 1 heterocycles. The first-order valence-electron chi connectivity index (χ1n) is 8.13. The maximum atomic E-state index is 12.8. The van der Waals surface area contributed by atoms with Crippen LogP contribution in [0.2, 0.25) is 0 Å². The molecule has 1 aliphatic rings. The second-order valence-electron chi connectivity index (χ2n) is 6.21. The van der Waals surface area contributed by atoms with Crippen molar-refractivity contribution in [3.05, 3.63) is 59.7 Å². The average Bonchev–Trinajstić information content (AvgIpc) is 2.88. The Labute approximate surface area is 145 Å². The number of carbonyl (C=O) groups is 2. The smallest absolute Gasteiger partial charge is 0.237 e. The Morgan fingerprint density at radius 1 is 1.16 bits per heavy atom. The molecule has 5 nitrogen and oxygen atoms in total. The van der Waals surface area contributed by atoms with E-state index in [1.807, 2.05) is 36.6 Å². The average molecular weight is 336 g/mol.